The van der Waals surface area contributed by atoms with Gasteiger partial charge in [0.05, 0.1) is 6.04 Å². The highest BCUT2D eigenvalue weighted by atomic mass is 16.2. The number of aryl methyl sites for hydroxylation is 2. The van der Waals surface area contributed by atoms with E-state index in [0.29, 0.717) is 6.42 Å². The normalized spacial score (nSPS) is 12.0. The van der Waals surface area contributed by atoms with Crippen LogP contribution in [0, 0.1) is 6.92 Å². The van der Waals surface area contributed by atoms with Crippen molar-refractivity contribution in [2.45, 2.75) is 32.7 Å². The van der Waals surface area contributed by atoms with E-state index in [-0.39, 0.29) is 5.91 Å². The van der Waals surface area contributed by atoms with Crippen LogP contribution >= 0.6 is 0 Å². The molecular weight excluding hydrogens is 260 g/mol. The van der Waals surface area contributed by atoms with Gasteiger partial charge in [-0.2, -0.15) is 0 Å². The molecule has 0 heterocycles. The van der Waals surface area contributed by atoms with E-state index in [1.807, 2.05) is 48.5 Å². The molecule has 0 aliphatic heterocycles. The molecule has 0 aromatic heterocycles. The lowest BCUT2D eigenvalue weighted by molar-refractivity contribution is -0.117. The number of nitrogens with one attached hydrogen (secondary N) is 1. The quantitative estimate of drug-likeness (QED) is 0.885. The maximum Gasteiger partial charge on any atom is 0.241 e. The molecule has 0 bridgehead atoms. The summed E-state index contributed by atoms with van der Waals surface area (Å²) in [4.78, 5) is 12.2. The van der Waals surface area contributed by atoms with Gasteiger partial charge in [0.25, 0.3) is 0 Å². The summed E-state index contributed by atoms with van der Waals surface area (Å²) in [7, 11) is 0. The predicted molar refractivity (Wildman–Crippen MR) is 87.3 cm³/mol. The average Bonchev–Trinajstić information content (AvgIpc) is 2.50. The molecular formula is C18H22N2O. The third-order valence-corrected chi connectivity index (χ3v) is 3.63. The molecule has 21 heavy (non-hydrogen) atoms. The van der Waals surface area contributed by atoms with Gasteiger partial charge >= 0.3 is 0 Å². The summed E-state index contributed by atoms with van der Waals surface area (Å²) in [6, 6.07) is 15.2. The van der Waals surface area contributed by atoms with E-state index in [1.54, 1.807) is 0 Å². The van der Waals surface area contributed by atoms with Crippen LogP contribution in [0.3, 0.4) is 0 Å². The van der Waals surface area contributed by atoms with Gasteiger partial charge in [-0.05, 0) is 48.6 Å². The lowest BCUT2D eigenvalue weighted by Gasteiger charge is -2.13. The molecule has 3 N–H and O–H groups in total. The molecule has 0 radical (unpaired) electrons. The van der Waals surface area contributed by atoms with Crippen LogP contribution in [0.2, 0.25) is 0 Å². The molecule has 1 atom stereocenters. The summed E-state index contributed by atoms with van der Waals surface area (Å²) in [6.07, 6.45) is 1.49. The average molecular weight is 282 g/mol. The van der Waals surface area contributed by atoms with Gasteiger partial charge in [0.15, 0.2) is 0 Å². The standard InChI is InChI=1S/C18H22N2O/c1-3-15-12-16(10-9-13(15)2)20-18(21)17(19)11-14-7-5-4-6-8-14/h4-10,12,17H,3,11,19H2,1-2H3,(H,20,21). The smallest absolute Gasteiger partial charge is 0.241 e. The lowest BCUT2D eigenvalue weighted by atomic mass is 10.0. The lowest BCUT2D eigenvalue weighted by Crippen LogP contribution is -2.37. The highest BCUT2D eigenvalue weighted by molar-refractivity contribution is 5.94. The molecule has 110 valence electrons. The number of carbonyl (C=O) groups is 1. The van der Waals surface area contributed by atoms with Gasteiger partial charge in [-0.3, -0.25) is 4.79 Å². The Morgan fingerprint density at radius 1 is 1.19 bits per heavy atom. The second-order valence-electron chi connectivity index (χ2n) is 5.28. The fourth-order valence-corrected chi connectivity index (χ4v) is 2.33. The van der Waals surface area contributed by atoms with Crippen LogP contribution in [0.5, 0.6) is 0 Å². The minimum absolute atomic E-state index is 0.148. The van der Waals surface area contributed by atoms with Crippen LogP contribution < -0.4 is 11.1 Å². The van der Waals surface area contributed by atoms with Crippen molar-refractivity contribution in [3.05, 3.63) is 65.2 Å². The molecule has 0 saturated heterocycles. The van der Waals surface area contributed by atoms with Crippen LogP contribution in [-0.2, 0) is 17.6 Å². The molecule has 0 spiro atoms. The van der Waals surface area contributed by atoms with Crippen molar-refractivity contribution < 1.29 is 4.79 Å². The molecule has 0 fully saturated rings. The van der Waals surface area contributed by atoms with Crippen LogP contribution in [0.4, 0.5) is 5.69 Å². The van der Waals surface area contributed by atoms with Crippen molar-refractivity contribution in [1.82, 2.24) is 0 Å². The zero-order chi connectivity index (χ0) is 15.2. The molecule has 2 rings (SSSR count). The Morgan fingerprint density at radius 3 is 2.57 bits per heavy atom. The summed E-state index contributed by atoms with van der Waals surface area (Å²) in [6.45, 7) is 4.18. The van der Waals surface area contributed by atoms with Gasteiger partial charge in [-0.15, -0.1) is 0 Å². The van der Waals surface area contributed by atoms with E-state index >= 15 is 0 Å². The number of rotatable bonds is 5. The number of anilines is 1. The summed E-state index contributed by atoms with van der Waals surface area (Å²) >= 11 is 0. The van der Waals surface area contributed by atoms with Crippen LogP contribution in [0.15, 0.2) is 48.5 Å². The van der Waals surface area contributed by atoms with Crippen molar-refractivity contribution in [2.75, 3.05) is 5.32 Å². The van der Waals surface area contributed by atoms with E-state index in [1.165, 1.54) is 11.1 Å². The van der Waals surface area contributed by atoms with Gasteiger partial charge in [0, 0.05) is 5.69 Å². The summed E-state index contributed by atoms with van der Waals surface area (Å²) in [5, 5.41) is 2.90. The molecule has 0 saturated carbocycles. The Kier molecular flexibility index (Phi) is 5.12. The first kappa shape index (κ1) is 15.3. The summed E-state index contributed by atoms with van der Waals surface area (Å²) in [5.74, 6) is -0.148. The van der Waals surface area contributed by atoms with Crippen molar-refractivity contribution in [1.29, 1.82) is 0 Å². The summed E-state index contributed by atoms with van der Waals surface area (Å²) < 4.78 is 0. The van der Waals surface area contributed by atoms with E-state index < -0.39 is 6.04 Å². The predicted octanol–water partition coefficient (Wildman–Crippen LogP) is 3.07. The van der Waals surface area contributed by atoms with Crippen molar-refractivity contribution in [3.8, 4) is 0 Å². The topological polar surface area (TPSA) is 55.1 Å². The van der Waals surface area contributed by atoms with Gasteiger partial charge < -0.3 is 11.1 Å². The number of carbonyl (C=O) groups excluding carboxylic acids is 1. The summed E-state index contributed by atoms with van der Waals surface area (Å²) in [5.41, 5.74) is 10.3. The Hall–Kier alpha value is -2.13. The third kappa shape index (κ3) is 4.17. The number of benzene rings is 2. The Morgan fingerprint density at radius 2 is 1.90 bits per heavy atom. The van der Waals surface area contributed by atoms with Crippen molar-refractivity contribution in [3.63, 3.8) is 0 Å². The monoisotopic (exact) mass is 282 g/mol. The van der Waals surface area contributed by atoms with E-state index in [0.717, 1.165) is 17.7 Å². The Labute approximate surface area is 126 Å². The molecule has 3 nitrogen and oxygen atoms in total. The zero-order valence-electron chi connectivity index (χ0n) is 12.6. The van der Waals surface area contributed by atoms with E-state index in [2.05, 4.69) is 19.2 Å². The third-order valence-electron chi connectivity index (χ3n) is 3.63. The minimum atomic E-state index is -0.543. The molecule has 0 aliphatic rings. The zero-order valence-corrected chi connectivity index (χ0v) is 12.6. The second kappa shape index (κ2) is 7.04. The van der Waals surface area contributed by atoms with Crippen molar-refractivity contribution in [2.24, 2.45) is 5.73 Å². The molecule has 2 aromatic carbocycles. The van der Waals surface area contributed by atoms with Gasteiger partial charge in [-0.25, -0.2) is 0 Å². The molecule has 1 unspecified atom stereocenters. The fourth-order valence-electron chi connectivity index (χ4n) is 2.33. The number of nitrogens with two attached hydrogens (primary N) is 1. The fraction of sp³-hybridized carbons (Fsp3) is 0.278. The second-order valence-corrected chi connectivity index (χ2v) is 5.28. The first-order valence-corrected chi connectivity index (χ1v) is 7.30. The maximum atomic E-state index is 12.2. The molecule has 0 aliphatic carbocycles. The number of hydrogen-bond donors (Lipinski definition) is 2. The van der Waals surface area contributed by atoms with E-state index in [9.17, 15) is 4.79 Å². The molecule has 1 amide bonds. The van der Waals surface area contributed by atoms with Gasteiger partial charge in [-0.1, -0.05) is 43.3 Å². The Balaban J connectivity index is 2.00. The SMILES string of the molecule is CCc1cc(NC(=O)C(N)Cc2ccccc2)ccc1C. The number of amides is 1. The van der Waals surface area contributed by atoms with Gasteiger partial charge in [0.2, 0.25) is 5.91 Å². The first-order valence-electron chi connectivity index (χ1n) is 7.30. The van der Waals surface area contributed by atoms with Crippen LogP contribution in [0.1, 0.15) is 23.6 Å². The minimum Gasteiger partial charge on any atom is -0.325 e. The van der Waals surface area contributed by atoms with Gasteiger partial charge in [0.1, 0.15) is 0 Å². The van der Waals surface area contributed by atoms with E-state index in [4.69, 9.17) is 5.73 Å². The highest BCUT2D eigenvalue weighted by Gasteiger charge is 2.14. The largest absolute Gasteiger partial charge is 0.325 e. The molecule has 3 heteroatoms. The van der Waals surface area contributed by atoms with Crippen LogP contribution in [0.25, 0.3) is 0 Å². The van der Waals surface area contributed by atoms with Crippen LogP contribution in [-0.4, -0.2) is 11.9 Å². The van der Waals surface area contributed by atoms with Crippen molar-refractivity contribution >= 4 is 11.6 Å². The Bertz CT molecular complexity index is 608. The maximum absolute atomic E-state index is 12.2. The molecule has 2 aromatic rings. The first-order chi connectivity index (χ1) is 10.1. The number of hydrogen-bond acceptors (Lipinski definition) is 2. The highest BCUT2D eigenvalue weighted by Crippen LogP contribution is 2.16.